The van der Waals surface area contributed by atoms with Gasteiger partial charge in [-0.25, -0.2) is 0 Å². The van der Waals surface area contributed by atoms with Crippen molar-refractivity contribution in [1.82, 2.24) is 10.6 Å². The summed E-state index contributed by atoms with van der Waals surface area (Å²) < 4.78 is 0. The number of rotatable bonds is 5. The van der Waals surface area contributed by atoms with Crippen molar-refractivity contribution in [2.24, 2.45) is 0 Å². The molecule has 0 aromatic carbocycles. The van der Waals surface area contributed by atoms with Crippen molar-refractivity contribution < 1.29 is 0 Å². The molecule has 2 heteroatoms. The van der Waals surface area contributed by atoms with Crippen LogP contribution in [-0.4, -0.2) is 26.2 Å². The van der Waals surface area contributed by atoms with Crippen LogP contribution in [0.15, 0.2) is 12.2 Å². The molecule has 0 spiro atoms. The van der Waals surface area contributed by atoms with Crippen molar-refractivity contribution in [3.63, 3.8) is 0 Å². The van der Waals surface area contributed by atoms with E-state index in [1.807, 2.05) is 7.05 Å². The van der Waals surface area contributed by atoms with Crippen LogP contribution in [0.5, 0.6) is 0 Å². The fourth-order valence-electron chi connectivity index (χ4n) is 0.588. The Labute approximate surface area is 63.7 Å². The van der Waals surface area contributed by atoms with Gasteiger partial charge in [0.1, 0.15) is 0 Å². The van der Waals surface area contributed by atoms with Crippen LogP contribution in [0.3, 0.4) is 0 Å². The van der Waals surface area contributed by atoms with Gasteiger partial charge in [0, 0.05) is 19.1 Å². The minimum Gasteiger partial charge on any atom is -0.316 e. The summed E-state index contributed by atoms with van der Waals surface area (Å²) in [4.78, 5) is 0. The van der Waals surface area contributed by atoms with Gasteiger partial charge in [-0.1, -0.05) is 26.0 Å². The summed E-state index contributed by atoms with van der Waals surface area (Å²) in [6, 6.07) is 0.583. The number of hydrogen-bond donors (Lipinski definition) is 2. The Kier molecular flexibility index (Phi) is 6.55. The minimum absolute atomic E-state index is 0.583. The normalized spacial score (nSPS) is 11.6. The molecular formula is C8H18N2. The summed E-state index contributed by atoms with van der Waals surface area (Å²) in [7, 11) is 1.94. The molecule has 0 saturated carbocycles. The van der Waals surface area contributed by atoms with Gasteiger partial charge in [-0.2, -0.15) is 0 Å². The fraction of sp³-hybridized carbons (Fsp3) is 0.750. The molecule has 0 aromatic heterocycles. The molecule has 0 aromatic rings. The summed E-state index contributed by atoms with van der Waals surface area (Å²) in [5.74, 6) is 0. The van der Waals surface area contributed by atoms with Crippen molar-refractivity contribution in [3.05, 3.63) is 12.2 Å². The molecule has 0 rings (SSSR count). The zero-order chi connectivity index (χ0) is 7.82. The summed E-state index contributed by atoms with van der Waals surface area (Å²) in [6.45, 7) is 6.22. The Morgan fingerprint density at radius 1 is 1.20 bits per heavy atom. The highest BCUT2D eigenvalue weighted by molar-refractivity contribution is 4.85. The predicted octanol–water partition coefficient (Wildman–Crippen LogP) is 0.760. The highest BCUT2D eigenvalue weighted by Gasteiger charge is 1.85. The van der Waals surface area contributed by atoms with Crippen molar-refractivity contribution >= 4 is 0 Å². The van der Waals surface area contributed by atoms with Crippen LogP contribution < -0.4 is 10.6 Å². The molecule has 0 unspecified atom stereocenters. The van der Waals surface area contributed by atoms with E-state index in [0.29, 0.717) is 6.04 Å². The third kappa shape index (κ3) is 7.66. The number of hydrogen-bond acceptors (Lipinski definition) is 2. The molecule has 0 bridgehead atoms. The Morgan fingerprint density at radius 2 is 1.80 bits per heavy atom. The van der Waals surface area contributed by atoms with Crippen LogP contribution in [0.2, 0.25) is 0 Å². The lowest BCUT2D eigenvalue weighted by atomic mass is 10.4. The molecule has 0 saturated heterocycles. The van der Waals surface area contributed by atoms with Crippen molar-refractivity contribution in [3.8, 4) is 0 Å². The van der Waals surface area contributed by atoms with E-state index in [2.05, 4.69) is 36.6 Å². The molecule has 60 valence electrons. The Hall–Kier alpha value is -0.340. The third-order valence-electron chi connectivity index (χ3n) is 1.13. The van der Waals surface area contributed by atoms with E-state index in [-0.39, 0.29) is 0 Å². The summed E-state index contributed by atoms with van der Waals surface area (Å²) in [6.07, 6.45) is 4.26. The zero-order valence-electron chi connectivity index (χ0n) is 7.15. The molecule has 0 fully saturated rings. The first-order chi connectivity index (χ1) is 4.77. The second kappa shape index (κ2) is 6.78. The molecule has 2 N–H and O–H groups in total. The lowest BCUT2D eigenvalue weighted by Gasteiger charge is -2.02. The van der Waals surface area contributed by atoms with Gasteiger partial charge in [0.25, 0.3) is 0 Å². The second-order valence-corrected chi connectivity index (χ2v) is 2.59. The van der Waals surface area contributed by atoms with Crippen LogP contribution in [0.25, 0.3) is 0 Å². The van der Waals surface area contributed by atoms with Crippen LogP contribution in [-0.2, 0) is 0 Å². The third-order valence-corrected chi connectivity index (χ3v) is 1.13. The van der Waals surface area contributed by atoms with E-state index >= 15 is 0 Å². The van der Waals surface area contributed by atoms with Crippen molar-refractivity contribution in [2.75, 3.05) is 20.1 Å². The van der Waals surface area contributed by atoms with E-state index < -0.39 is 0 Å². The molecule has 0 heterocycles. The maximum Gasteiger partial charge on any atom is 0.0137 e. The first kappa shape index (κ1) is 9.66. The standard InChI is InChI=1S/C8H18N2/c1-8(2)10-7-5-4-6-9-3/h4-5,8-10H,6-7H2,1-3H3/b5-4+. The van der Waals surface area contributed by atoms with Gasteiger partial charge in [0.15, 0.2) is 0 Å². The summed E-state index contributed by atoms with van der Waals surface area (Å²) in [5.41, 5.74) is 0. The smallest absolute Gasteiger partial charge is 0.0137 e. The van der Waals surface area contributed by atoms with E-state index in [0.717, 1.165) is 13.1 Å². The van der Waals surface area contributed by atoms with E-state index in [4.69, 9.17) is 0 Å². The first-order valence-electron chi connectivity index (χ1n) is 3.80. The average molecular weight is 142 g/mol. The first-order valence-corrected chi connectivity index (χ1v) is 3.80. The summed E-state index contributed by atoms with van der Waals surface area (Å²) in [5, 5.41) is 6.33. The molecule has 0 amide bonds. The highest BCUT2D eigenvalue weighted by Crippen LogP contribution is 1.75. The zero-order valence-corrected chi connectivity index (χ0v) is 7.15. The van der Waals surface area contributed by atoms with Gasteiger partial charge in [0.2, 0.25) is 0 Å². The molecule has 0 aliphatic heterocycles. The summed E-state index contributed by atoms with van der Waals surface area (Å²) >= 11 is 0. The molecule has 0 aliphatic rings. The van der Waals surface area contributed by atoms with Crippen LogP contribution >= 0.6 is 0 Å². The largest absolute Gasteiger partial charge is 0.316 e. The van der Waals surface area contributed by atoms with Gasteiger partial charge >= 0.3 is 0 Å². The highest BCUT2D eigenvalue weighted by atomic mass is 14.9. The molecule has 2 nitrogen and oxygen atoms in total. The number of nitrogens with one attached hydrogen (secondary N) is 2. The fourth-order valence-corrected chi connectivity index (χ4v) is 0.588. The SMILES string of the molecule is CNC/C=C/CNC(C)C. The lowest BCUT2D eigenvalue weighted by Crippen LogP contribution is -2.22. The lowest BCUT2D eigenvalue weighted by molar-refractivity contribution is 0.632. The quantitative estimate of drug-likeness (QED) is 0.554. The minimum atomic E-state index is 0.583. The Bertz CT molecular complexity index is 87.3. The Morgan fingerprint density at radius 3 is 2.30 bits per heavy atom. The van der Waals surface area contributed by atoms with E-state index in [1.54, 1.807) is 0 Å². The molecule has 0 aliphatic carbocycles. The monoisotopic (exact) mass is 142 g/mol. The maximum absolute atomic E-state index is 3.29. The van der Waals surface area contributed by atoms with Crippen LogP contribution in [0.4, 0.5) is 0 Å². The van der Waals surface area contributed by atoms with Gasteiger partial charge in [0.05, 0.1) is 0 Å². The maximum atomic E-state index is 3.29. The molecular weight excluding hydrogens is 124 g/mol. The van der Waals surface area contributed by atoms with E-state index in [1.165, 1.54) is 0 Å². The van der Waals surface area contributed by atoms with E-state index in [9.17, 15) is 0 Å². The van der Waals surface area contributed by atoms with Crippen molar-refractivity contribution in [1.29, 1.82) is 0 Å². The second-order valence-electron chi connectivity index (χ2n) is 2.59. The van der Waals surface area contributed by atoms with Gasteiger partial charge in [-0.3, -0.25) is 0 Å². The molecule has 10 heavy (non-hydrogen) atoms. The Balaban J connectivity index is 3.02. The van der Waals surface area contributed by atoms with Crippen molar-refractivity contribution in [2.45, 2.75) is 19.9 Å². The predicted molar refractivity (Wildman–Crippen MR) is 46.2 cm³/mol. The number of likely N-dealkylation sites (N-methyl/N-ethyl adjacent to an activating group) is 1. The van der Waals surface area contributed by atoms with Crippen LogP contribution in [0, 0.1) is 0 Å². The van der Waals surface area contributed by atoms with Gasteiger partial charge < -0.3 is 10.6 Å². The van der Waals surface area contributed by atoms with Crippen LogP contribution in [0.1, 0.15) is 13.8 Å². The molecule has 0 atom stereocenters. The van der Waals surface area contributed by atoms with Gasteiger partial charge in [-0.15, -0.1) is 0 Å². The van der Waals surface area contributed by atoms with Gasteiger partial charge in [-0.05, 0) is 7.05 Å². The topological polar surface area (TPSA) is 24.1 Å². The molecule has 0 radical (unpaired) electrons. The average Bonchev–Trinajstić information content (AvgIpc) is 1.87.